The Bertz CT molecular complexity index is 880. The first-order chi connectivity index (χ1) is 13.0. The maximum Gasteiger partial charge on any atom is 0.236 e. The van der Waals surface area contributed by atoms with E-state index in [0.29, 0.717) is 23.7 Å². The van der Waals surface area contributed by atoms with Gasteiger partial charge in [-0.3, -0.25) is 20.3 Å². The van der Waals surface area contributed by atoms with E-state index >= 15 is 0 Å². The van der Waals surface area contributed by atoms with Gasteiger partial charge in [0.25, 0.3) is 0 Å². The molecule has 1 aliphatic carbocycles. The number of aryl methyl sites for hydroxylation is 1. The first-order valence-corrected chi connectivity index (χ1v) is 9.61. The van der Waals surface area contributed by atoms with Crippen molar-refractivity contribution in [3.05, 3.63) is 24.4 Å². The molecule has 0 aromatic carbocycles. The van der Waals surface area contributed by atoms with Crippen molar-refractivity contribution in [1.29, 1.82) is 10.8 Å². The average molecular weight is 366 g/mol. The molecule has 8 nitrogen and oxygen atoms in total. The normalized spacial score (nSPS) is 20.3. The van der Waals surface area contributed by atoms with Crippen LogP contribution in [0.3, 0.4) is 0 Å². The molecule has 0 saturated heterocycles. The summed E-state index contributed by atoms with van der Waals surface area (Å²) in [6.07, 6.45) is 10.8. The summed E-state index contributed by atoms with van der Waals surface area (Å²) in [6, 6.07) is 0.308. The lowest BCUT2D eigenvalue weighted by Crippen LogP contribution is -2.57. The first kappa shape index (κ1) is 17.6. The highest BCUT2D eigenvalue weighted by Crippen LogP contribution is 2.40. The van der Waals surface area contributed by atoms with E-state index in [1.54, 1.807) is 24.3 Å². The van der Waals surface area contributed by atoms with Gasteiger partial charge < -0.3 is 4.90 Å². The fourth-order valence-corrected chi connectivity index (χ4v) is 4.28. The van der Waals surface area contributed by atoms with Crippen molar-refractivity contribution in [2.75, 3.05) is 9.80 Å². The van der Waals surface area contributed by atoms with Crippen LogP contribution in [-0.4, -0.2) is 43.3 Å². The van der Waals surface area contributed by atoms with Gasteiger partial charge in [0.2, 0.25) is 5.95 Å². The molecule has 0 bridgehead atoms. The quantitative estimate of drug-likeness (QED) is 0.642. The van der Waals surface area contributed by atoms with Gasteiger partial charge in [-0.05, 0) is 33.1 Å². The Kier molecular flexibility index (Phi) is 4.41. The highest BCUT2D eigenvalue weighted by Gasteiger charge is 2.41. The lowest BCUT2D eigenvalue weighted by molar-refractivity contribution is 0.547. The SMILES string of the molecule is CC[C@@H]1C(=N)N(C(C)=N)c2cnc(-n3cnc(C)c3)nc2N1C1CCCC1. The van der Waals surface area contributed by atoms with E-state index in [0.717, 1.165) is 36.5 Å². The van der Waals surface area contributed by atoms with Gasteiger partial charge >= 0.3 is 0 Å². The van der Waals surface area contributed by atoms with Gasteiger partial charge in [-0.2, -0.15) is 4.98 Å². The number of fused-ring (bicyclic) bond motifs is 1. The number of nitrogens with zero attached hydrogens (tertiary/aromatic N) is 6. The smallest absolute Gasteiger partial charge is 0.236 e. The monoisotopic (exact) mass is 366 g/mol. The maximum atomic E-state index is 8.75. The Balaban J connectivity index is 1.88. The third kappa shape index (κ3) is 2.89. The van der Waals surface area contributed by atoms with Crippen LogP contribution in [0.25, 0.3) is 5.95 Å². The second-order valence-corrected chi connectivity index (χ2v) is 7.38. The predicted octanol–water partition coefficient (Wildman–Crippen LogP) is 3.29. The fourth-order valence-electron chi connectivity index (χ4n) is 4.28. The Morgan fingerprint density at radius 3 is 2.59 bits per heavy atom. The lowest BCUT2D eigenvalue weighted by atomic mass is 10.0. The number of hydrogen-bond donors (Lipinski definition) is 2. The van der Waals surface area contributed by atoms with Crippen LogP contribution in [-0.2, 0) is 0 Å². The van der Waals surface area contributed by atoms with Crippen LogP contribution in [0.1, 0.15) is 51.6 Å². The summed E-state index contributed by atoms with van der Waals surface area (Å²) in [4.78, 5) is 17.7. The maximum absolute atomic E-state index is 8.75. The first-order valence-electron chi connectivity index (χ1n) is 9.61. The number of nitrogens with one attached hydrogen (secondary N) is 2. The molecular formula is C19H26N8. The van der Waals surface area contributed by atoms with Crippen molar-refractivity contribution in [3.8, 4) is 5.95 Å². The van der Waals surface area contributed by atoms with Gasteiger partial charge in [-0.15, -0.1) is 0 Å². The van der Waals surface area contributed by atoms with E-state index < -0.39 is 0 Å². The van der Waals surface area contributed by atoms with Crippen molar-refractivity contribution in [1.82, 2.24) is 19.5 Å². The fraction of sp³-hybridized carbons (Fsp3) is 0.526. The number of rotatable bonds is 3. The molecule has 2 N–H and O–H groups in total. The van der Waals surface area contributed by atoms with E-state index in [4.69, 9.17) is 15.8 Å². The molecule has 27 heavy (non-hydrogen) atoms. The highest BCUT2D eigenvalue weighted by atomic mass is 15.4. The Labute approximate surface area is 159 Å². The zero-order chi connectivity index (χ0) is 19.1. The van der Waals surface area contributed by atoms with Crippen LogP contribution in [0.5, 0.6) is 0 Å². The Hall–Kier alpha value is -2.77. The van der Waals surface area contributed by atoms with Gasteiger partial charge in [0, 0.05) is 12.2 Å². The van der Waals surface area contributed by atoms with Gasteiger partial charge in [0.05, 0.1) is 17.9 Å². The summed E-state index contributed by atoms with van der Waals surface area (Å²) in [5.41, 5.74) is 1.64. The minimum absolute atomic E-state index is 0.0758. The topological polar surface area (TPSA) is 97.8 Å². The largest absolute Gasteiger partial charge is 0.342 e. The molecule has 2 aromatic heterocycles. The Morgan fingerprint density at radius 1 is 1.26 bits per heavy atom. The van der Waals surface area contributed by atoms with Gasteiger partial charge in [-0.25, -0.2) is 9.97 Å². The predicted molar refractivity (Wildman–Crippen MR) is 106 cm³/mol. The number of hydrogen-bond acceptors (Lipinski definition) is 6. The number of anilines is 2. The molecule has 0 amide bonds. The summed E-state index contributed by atoms with van der Waals surface area (Å²) in [5.74, 6) is 2.16. The third-order valence-corrected chi connectivity index (χ3v) is 5.50. The number of aromatic nitrogens is 4. The molecule has 1 saturated carbocycles. The molecule has 1 fully saturated rings. The van der Waals surface area contributed by atoms with Crippen molar-refractivity contribution in [2.45, 2.75) is 65.0 Å². The molecule has 3 heterocycles. The molecule has 0 radical (unpaired) electrons. The van der Waals surface area contributed by atoms with Crippen molar-refractivity contribution < 1.29 is 0 Å². The van der Waals surface area contributed by atoms with Crippen LogP contribution < -0.4 is 9.80 Å². The summed E-state index contributed by atoms with van der Waals surface area (Å²) in [6.45, 7) is 5.75. The van der Waals surface area contributed by atoms with Crippen LogP contribution in [0.15, 0.2) is 18.7 Å². The van der Waals surface area contributed by atoms with Crippen molar-refractivity contribution in [2.24, 2.45) is 0 Å². The molecule has 8 heteroatoms. The van der Waals surface area contributed by atoms with Crippen molar-refractivity contribution in [3.63, 3.8) is 0 Å². The van der Waals surface area contributed by atoms with E-state index in [-0.39, 0.29) is 6.04 Å². The second-order valence-electron chi connectivity index (χ2n) is 7.38. The summed E-state index contributed by atoms with van der Waals surface area (Å²) in [7, 11) is 0. The molecule has 0 spiro atoms. The minimum atomic E-state index is -0.0758. The molecule has 142 valence electrons. The van der Waals surface area contributed by atoms with E-state index in [9.17, 15) is 0 Å². The lowest BCUT2D eigenvalue weighted by Gasteiger charge is -2.45. The Morgan fingerprint density at radius 2 is 2.00 bits per heavy atom. The zero-order valence-electron chi connectivity index (χ0n) is 16.1. The van der Waals surface area contributed by atoms with Crippen LogP contribution in [0.2, 0.25) is 0 Å². The van der Waals surface area contributed by atoms with E-state index in [1.165, 1.54) is 12.8 Å². The standard InChI is InChI=1S/C19H26N8/c1-4-15-17(21)26(13(3)20)16-9-22-19(25-10-12(2)23-11-25)24-18(16)27(15)14-7-5-6-8-14/h9-11,14-15,20-21H,4-8H2,1-3H3/t15-/m1/s1. The van der Waals surface area contributed by atoms with Gasteiger partial charge in [0.1, 0.15) is 23.7 Å². The molecule has 0 unspecified atom stereocenters. The summed E-state index contributed by atoms with van der Waals surface area (Å²) in [5, 5.41) is 17.0. The van der Waals surface area contributed by atoms with E-state index in [1.807, 2.05) is 17.7 Å². The summed E-state index contributed by atoms with van der Waals surface area (Å²) >= 11 is 0. The van der Waals surface area contributed by atoms with Crippen LogP contribution >= 0.6 is 0 Å². The summed E-state index contributed by atoms with van der Waals surface area (Å²) < 4.78 is 1.82. The van der Waals surface area contributed by atoms with Crippen LogP contribution in [0.4, 0.5) is 11.5 Å². The highest BCUT2D eigenvalue weighted by molar-refractivity contribution is 6.21. The van der Waals surface area contributed by atoms with E-state index in [2.05, 4.69) is 21.8 Å². The molecule has 2 aromatic rings. The third-order valence-electron chi connectivity index (χ3n) is 5.50. The van der Waals surface area contributed by atoms with Crippen molar-refractivity contribution >= 4 is 23.2 Å². The number of imidazole rings is 1. The van der Waals surface area contributed by atoms with Gasteiger partial charge in [0.15, 0.2) is 5.82 Å². The van der Waals surface area contributed by atoms with Crippen LogP contribution in [0, 0.1) is 17.7 Å². The molecule has 4 rings (SSSR count). The molecule has 1 aliphatic heterocycles. The number of amidine groups is 2. The zero-order valence-corrected chi connectivity index (χ0v) is 16.1. The minimum Gasteiger partial charge on any atom is -0.342 e. The van der Waals surface area contributed by atoms with Gasteiger partial charge in [-0.1, -0.05) is 19.8 Å². The molecule has 1 atom stereocenters. The molecular weight excluding hydrogens is 340 g/mol. The second kappa shape index (κ2) is 6.75. The molecule has 2 aliphatic rings. The average Bonchev–Trinajstić information content (AvgIpc) is 3.31.